The lowest BCUT2D eigenvalue weighted by molar-refractivity contribution is -0.139. The molecule has 8 heteroatoms. The summed E-state index contributed by atoms with van der Waals surface area (Å²) in [7, 11) is 1.70. The molecule has 2 aliphatic rings. The van der Waals surface area contributed by atoms with Crippen LogP contribution in [0, 0.1) is 0 Å². The van der Waals surface area contributed by atoms with E-state index in [2.05, 4.69) is 29.7 Å². The molecular weight excluding hydrogens is 578 g/mol. The van der Waals surface area contributed by atoms with E-state index in [0.717, 1.165) is 47.5 Å². The van der Waals surface area contributed by atoms with E-state index in [0.29, 0.717) is 32.3 Å². The molecule has 46 heavy (non-hydrogen) atoms. The average Bonchev–Trinajstić information content (AvgIpc) is 3.41. The predicted molar refractivity (Wildman–Crippen MR) is 180 cm³/mol. The second kappa shape index (κ2) is 16.5. The molecule has 0 radical (unpaired) electrons. The first kappa shape index (κ1) is 33.4. The van der Waals surface area contributed by atoms with Gasteiger partial charge in [0.25, 0.3) is 0 Å². The van der Waals surface area contributed by atoms with Gasteiger partial charge in [-0.15, -0.1) is 0 Å². The SMILES string of the molecule is CCCCCC(=O)N(C)[C@H]1CC=CCOC2CC(NC[C@@H](O)[C@H](Cc3ccccc3)NC1=O)c1cc(Oc3ccccc3)ccc12. The second-order valence-corrected chi connectivity index (χ2v) is 12.3. The highest BCUT2D eigenvalue weighted by molar-refractivity contribution is 5.88. The number of β-amino-alcohol motifs (C(OH)–C–C–N with tert-alkyl or cyclic N) is 1. The third kappa shape index (κ3) is 8.84. The van der Waals surface area contributed by atoms with Gasteiger partial charge in [0.05, 0.1) is 24.9 Å². The lowest BCUT2D eigenvalue weighted by atomic mass is 9.99. The number of carbonyl (C=O) groups is 2. The third-order valence-corrected chi connectivity index (χ3v) is 8.95. The van der Waals surface area contributed by atoms with Crippen LogP contribution in [0.5, 0.6) is 11.5 Å². The van der Waals surface area contributed by atoms with Gasteiger partial charge in [0.1, 0.15) is 17.5 Å². The van der Waals surface area contributed by atoms with E-state index in [1.165, 1.54) is 0 Å². The standard InChI is InChI=1S/C38H47N3O5/c1-3-4-7-19-37(43)41(2)34-18-12-13-22-45-36-25-32(31-24-29(20-21-30(31)36)46-28-16-10-6-11-17-28)39-26-35(42)33(40-38(34)44)23-27-14-8-5-9-15-27/h5-6,8-17,20-21,24,32-36,39,42H,3-4,7,18-19,22-23,25-26H2,1-2H3,(H,40,44)/t32?,33-,34-,35+,36?/m0/s1. The molecule has 0 aromatic heterocycles. The summed E-state index contributed by atoms with van der Waals surface area (Å²) in [6.45, 7) is 2.73. The topological polar surface area (TPSA) is 100 Å². The summed E-state index contributed by atoms with van der Waals surface area (Å²) >= 11 is 0. The molecule has 5 rings (SSSR count). The first-order valence-corrected chi connectivity index (χ1v) is 16.6. The minimum atomic E-state index is -0.886. The molecule has 2 bridgehead atoms. The maximum absolute atomic E-state index is 13.8. The maximum Gasteiger partial charge on any atom is 0.243 e. The number of carbonyl (C=O) groups excluding carboxylic acids is 2. The Hall–Kier alpha value is -3.98. The molecule has 1 aliphatic heterocycles. The Morgan fingerprint density at radius 1 is 0.978 bits per heavy atom. The molecule has 0 saturated carbocycles. The Balaban J connectivity index is 1.39. The van der Waals surface area contributed by atoms with E-state index in [9.17, 15) is 14.7 Å². The zero-order valence-electron chi connectivity index (χ0n) is 26.9. The van der Waals surface area contributed by atoms with Gasteiger partial charge in [-0.1, -0.05) is 86.5 Å². The Labute approximate surface area is 272 Å². The van der Waals surface area contributed by atoms with Crippen LogP contribution in [0.1, 0.15) is 74.3 Å². The molecule has 3 aromatic rings. The summed E-state index contributed by atoms with van der Waals surface area (Å²) in [5.41, 5.74) is 3.18. The molecule has 0 fully saturated rings. The quantitative estimate of drug-likeness (QED) is 0.199. The molecule has 1 heterocycles. The van der Waals surface area contributed by atoms with E-state index < -0.39 is 18.2 Å². The van der Waals surface area contributed by atoms with Gasteiger partial charge in [-0.3, -0.25) is 9.59 Å². The van der Waals surface area contributed by atoms with Crippen LogP contribution in [0.25, 0.3) is 0 Å². The monoisotopic (exact) mass is 625 g/mol. The maximum atomic E-state index is 13.8. The number of likely N-dealkylation sites (N-methyl/N-ethyl adjacent to an activating group) is 1. The van der Waals surface area contributed by atoms with Crippen molar-refractivity contribution < 1.29 is 24.2 Å². The number of hydrogen-bond donors (Lipinski definition) is 3. The number of nitrogens with zero attached hydrogens (tertiary/aromatic N) is 1. The minimum Gasteiger partial charge on any atom is -0.457 e. The third-order valence-electron chi connectivity index (χ3n) is 8.95. The van der Waals surface area contributed by atoms with E-state index in [1.807, 2.05) is 78.9 Å². The number of benzene rings is 3. The van der Waals surface area contributed by atoms with E-state index >= 15 is 0 Å². The van der Waals surface area contributed by atoms with E-state index in [1.54, 1.807) is 11.9 Å². The van der Waals surface area contributed by atoms with Gasteiger partial charge in [-0.05, 0) is 66.6 Å². The molecule has 1 aliphatic carbocycles. The van der Waals surface area contributed by atoms with Gasteiger partial charge >= 0.3 is 0 Å². The van der Waals surface area contributed by atoms with Crippen molar-refractivity contribution in [2.24, 2.45) is 0 Å². The molecule has 3 N–H and O–H groups in total. The Kier molecular flexibility index (Phi) is 12.0. The fraction of sp³-hybridized carbons (Fsp3) is 0.421. The zero-order chi connectivity index (χ0) is 32.3. The lowest BCUT2D eigenvalue weighted by Gasteiger charge is -2.31. The summed E-state index contributed by atoms with van der Waals surface area (Å²) in [5.74, 6) is 1.17. The van der Waals surface area contributed by atoms with Crippen LogP contribution < -0.4 is 15.4 Å². The highest BCUT2D eigenvalue weighted by Crippen LogP contribution is 2.43. The van der Waals surface area contributed by atoms with Gasteiger partial charge in [0.15, 0.2) is 0 Å². The number of hydrogen-bond acceptors (Lipinski definition) is 6. The number of aliphatic hydroxyl groups excluding tert-OH is 1. The van der Waals surface area contributed by atoms with Crippen molar-refractivity contribution in [3.63, 3.8) is 0 Å². The fourth-order valence-corrected chi connectivity index (χ4v) is 6.27. The molecule has 3 aromatic carbocycles. The van der Waals surface area contributed by atoms with Crippen LogP contribution in [0.4, 0.5) is 0 Å². The number of fused-ring (bicyclic) bond motifs is 5. The van der Waals surface area contributed by atoms with Crippen molar-refractivity contribution in [2.45, 2.75) is 82.2 Å². The van der Waals surface area contributed by atoms with Crippen LogP contribution >= 0.6 is 0 Å². The van der Waals surface area contributed by atoms with Crippen molar-refractivity contribution in [2.75, 3.05) is 20.2 Å². The van der Waals surface area contributed by atoms with Gasteiger partial charge in [-0.25, -0.2) is 0 Å². The number of aliphatic hydroxyl groups is 1. The Morgan fingerprint density at radius 2 is 1.74 bits per heavy atom. The molecule has 0 spiro atoms. The number of ether oxygens (including phenoxy) is 2. The Bertz CT molecular complexity index is 1450. The first-order valence-electron chi connectivity index (χ1n) is 16.6. The Morgan fingerprint density at radius 3 is 2.50 bits per heavy atom. The van der Waals surface area contributed by atoms with Crippen LogP contribution in [0.3, 0.4) is 0 Å². The fourth-order valence-electron chi connectivity index (χ4n) is 6.27. The lowest BCUT2D eigenvalue weighted by Crippen LogP contribution is -2.55. The molecular formula is C38H47N3O5. The summed E-state index contributed by atoms with van der Waals surface area (Å²) in [6.07, 6.45) is 7.53. The molecule has 5 atom stereocenters. The molecule has 244 valence electrons. The van der Waals surface area contributed by atoms with Crippen molar-refractivity contribution in [1.29, 1.82) is 0 Å². The average molecular weight is 626 g/mol. The molecule has 2 amide bonds. The highest BCUT2D eigenvalue weighted by atomic mass is 16.5. The van der Waals surface area contributed by atoms with Crippen molar-refractivity contribution >= 4 is 11.8 Å². The predicted octanol–water partition coefficient (Wildman–Crippen LogP) is 6.03. The number of para-hydroxylation sites is 1. The summed E-state index contributed by atoms with van der Waals surface area (Å²) in [4.78, 5) is 28.5. The highest BCUT2D eigenvalue weighted by Gasteiger charge is 2.34. The second-order valence-electron chi connectivity index (χ2n) is 12.3. The first-order chi connectivity index (χ1) is 22.4. The van der Waals surface area contributed by atoms with Gasteiger partial charge in [0.2, 0.25) is 11.8 Å². The van der Waals surface area contributed by atoms with E-state index in [4.69, 9.17) is 9.47 Å². The minimum absolute atomic E-state index is 0.0532. The number of amides is 2. The molecule has 2 unspecified atom stereocenters. The smallest absolute Gasteiger partial charge is 0.243 e. The summed E-state index contributed by atoms with van der Waals surface area (Å²) < 4.78 is 12.5. The van der Waals surface area contributed by atoms with Crippen molar-refractivity contribution in [1.82, 2.24) is 15.5 Å². The molecule has 0 saturated heterocycles. The molecule has 8 nitrogen and oxygen atoms in total. The van der Waals surface area contributed by atoms with E-state index in [-0.39, 0.29) is 30.5 Å². The summed E-state index contributed by atoms with van der Waals surface area (Å²) in [6, 6.07) is 24.3. The van der Waals surface area contributed by atoms with Crippen LogP contribution in [0.2, 0.25) is 0 Å². The van der Waals surface area contributed by atoms with Gasteiger partial charge < -0.3 is 30.1 Å². The van der Waals surface area contributed by atoms with Crippen LogP contribution in [-0.4, -0.2) is 60.2 Å². The largest absolute Gasteiger partial charge is 0.457 e. The van der Waals surface area contributed by atoms with Gasteiger partial charge in [-0.2, -0.15) is 0 Å². The van der Waals surface area contributed by atoms with Crippen molar-refractivity contribution in [3.05, 3.63) is 108 Å². The van der Waals surface area contributed by atoms with Crippen molar-refractivity contribution in [3.8, 4) is 11.5 Å². The number of nitrogens with one attached hydrogen (secondary N) is 2. The van der Waals surface area contributed by atoms with Gasteiger partial charge in [0, 0.05) is 26.1 Å². The number of unbranched alkanes of at least 4 members (excludes halogenated alkanes) is 2. The van der Waals surface area contributed by atoms with Crippen LogP contribution in [0.15, 0.2) is 91.0 Å². The normalized spacial score (nSPS) is 23.5. The van der Waals surface area contributed by atoms with Crippen LogP contribution in [-0.2, 0) is 20.7 Å². The zero-order valence-corrected chi connectivity index (χ0v) is 26.9. The number of rotatable bonds is 9. The summed E-state index contributed by atoms with van der Waals surface area (Å²) in [5, 5.41) is 18.3.